The predicted molar refractivity (Wildman–Crippen MR) is 101 cm³/mol. The first-order valence-electron chi connectivity index (χ1n) is 8.95. The molecule has 2 aromatic carbocycles. The van der Waals surface area contributed by atoms with Crippen LogP contribution in [0.5, 0.6) is 5.75 Å². The minimum atomic E-state index is -4.18. The van der Waals surface area contributed by atoms with E-state index in [1.54, 1.807) is 0 Å². The first-order valence-corrected chi connectivity index (χ1v) is 8.95. The van der Waals surface area contributed by atoms with Gasteiger partial charge in [0.15, 0.2) is 5.75 Å². The van der Waals surface area contributed by atoms with Gasteiger partial charge in [-0.2, -0.15) is 8.78 Å². The van der Waals surface area contributed by atoms with E-state index in [4.69, 9.17) is 0 Å². The molecule has 0 saturated carbocycles. The number of hydrogen-bond donors (Lipinski definition) is 1. The number of fused-ring (bicyclic) bond motifs is 2. The number of nitrogens with zero attached hydrogens (tertiary/aromatic N) is 3. The van der Waals surface area contributed by atoms with E-state index in [2.05, 4.69) is 9.72 Å². The summed E-state index contributed by atoms with van der Waals surface area (Å²) in [5.41, 5.74) is -0.399. The first-order chi connectivity index (χ1) is 14.1. The van der Waals surface area contributed by atoms with Gasteiger partial charge in [-0.15, -0.1) is 0 Å². The van der Waals surface area contributed by atoms with Crippen molar-refractivity contribution in [2.45, 2.75) is 25.7 Å². The van der Waals surface area contributed by atoms with Crippen molar-refractivity contribution in [1.29, 1.82) is 0 Å². The van der Waals surface area contributed by atoms with Crippen LogP contribution in [0.3, 0.4) is 0 Å². The molecule has 0 bridgehead atoms. The van der Waals surface area contributed by atoms with Gasteiger partial charge in [0, 0.05) is 18.7 Å². The number of carbonyl (C=O) groups excluding carboxylic acids is 1. The molecule has 1 amide bonds. The molecule has 10 heteroatoms. The van der Waals surface area contributed by atoms with Crippen LogP contribution >= 0.6 is 0 Å². The third-order valence-corrected chi connectivity index (χ3v) is 4.92. The Hall–Kier alpha value is -3.40. The minimum absolute atomic E-state index is 0.00193. The van der Waals surface area contributed by atoms with Crippen molar-refractivity contribution >= 4 is 22.5 Å². The maximum absolute atomic E-state index is 14.3. The van der Waals surface area contributed by atoms with Gasteiger partial charge >= 0.3 is 12.0 Å². The number of aromatic nitrogens is 2. The number of ether oxygens (including phenoxy) is 1. The van der Waals surface area contributed by atoms with Gasteiger partial charge in [0.25, 0.3) is 5.56 Å². The first kappa shape index (κ1) is 19.9. The number of carbonyl (C=O) groups is 1. The van der Waals surface area contributed by atoms with Crippen molar-refractivity contribution in [3.05, 3.63) is 64.0 Å². The average Bonchev–Trinajstić information content (AvgIpc) is 2.68. The summed E-state index contributed by atoms with van der Waals surface area (Å²) in [5.74, 6) is -2.63. The molecule has 4 rings (SSSR count). The van der Waals surface area contributed by atoms with Crippen molar-refractivity contribution in [1.82, 2.24) is 9.55 Å². The van der Waals surface area contributed by atoms with Crippen LogP contribution < -0.4 is 15.2 Å². The van der Waals surface area contributed by atoms with Crippen LogP contribution in [0.25, 0.3) is 10.9 Å². The molecule has 2 heterocycles. The highest BCUT2D eigenvalue weighted by molar-refractivity contribution is 6.01. The molecule has 30 heavy (non-hydrogen) atoms. The Morgan fingerprint density at radius 3 is 2.67 bits per heavy atom. The monoisotopic (exact) mass is 419 g/mol. The summed E-state index contributed by atoms with van der Waals surface area (Å²) in [6.45, 7) is 0.882. The summed E-state index contributed by atoms with van der Waals surface area (Å²) in [6.07, 6.45) is -5.31. The second-order valence-corrected chi connectivity index (χ2v) is 6.94. The van der Waals surface area contributed by atoms with Crippen LogP contribution in [-0.4, -0.2) is 26.7 Å². The Morgan fingerprint density at radius 1 is 1.23 bits per heavy atom. The Morgan fingerprint density at radius 2 is 1.97 bits per heavy atom. The van der Waals surface area contributed by atoms with Crippen molar-refractivity contribution in [3.63, 3.8) is 0 Å². The van der Waals surface area contributed by atoms with E-state index in [9.17, 15) is 27.9 Å². The largest absolute Gasteiger partial charge is 0.483 e. The third kappa shape index (κ3) is 3.09. The second-order valence-electron chi connectivity index (χ2n) is 6.94. The number of aliphatic hydroxyl groups excluding tert-OH is 1. The van der Waals surface area contributed by atoms with Gasteiger partial charge in [-0.25, -0.2) is 9.37 Å². The van der Waals surface area contributed by atoms with E-state index in [0.29, 0.717) is 0 Å². The van der Waals surface area contributed by atoms with Gasteiger partial charge in [0.2, 0.25) is 0 Å². The predicted octanol–water partition coefficient (Wildman–Crippen LogP) is 2.64. The molecule has 156 valence electrons. The van der Waals surface area contributed by atoms with Crippen LogP contribution in [0.2, 0.25) is 0 Å². The van der Waals surface area contributed by atoms with Gasteiger partial charge in [0.1, 0.15) is 11.6 Å². The Labute approximate surface area is 167 Å². The van der Waals surface area contributed by atoms with E-state index in [-0.39, 0.29) is 33.7 Å². The highest BCUT2D eigenvalue weighted by Gasteiger charge is 2.51. The van der Waals surface area contributed by atoms with Crippen molar-refractivity contribution in [2.24, 2.45) is 7.05 Å². The normalized spacial score (nSPS) is 16.3. The molecular formula is C20H16F3N3O4. The summed E-state index contributed by atoms with van der Waals surface area (Å²) >= 11 is 0. The van der Waals surface area contributed by atoms with Gasteiger partial charge < -0.3 is 9.84 Å². The van der Waals surface area contributed by atoms with Crippen LogP contribution in [0.15, 0.2) is 41.2 Å². The van der Waals surface area contributed by atoms with E-state index in [0.717, 1.165) is 21.6 Å². The number of para-hydroxylation sites is 1. The molecule has 1 N–H and O–H groups in total. The Balaban J connectivity index is 1.88. The lowest BCUT2D eigenvalue weighted by atomic mass is 10.1. The summed E-state index contributed by atoms with van der Waals surface area (Å²) < 4.78 is 48.0. The molecule has 0 radical (unpaired) electrons. The summed E-state index contributed by atoms with van der Waals surface area (Å²) in [6, 6.07) is 7.71. The van der Waals surface area contributed by atoms with E-state index < -0.39 is 36.0 Å². The zero-order valence-electron chi connectivity index (χ0n) is 15.9. The minimum Gasteiger partial charge on any atom is -0.423 e. The molecule has 3 aromatic rings. The van der Waals surface area contributed by atoms with Crippen LogP contribution in [-0.2, 0) is 18.4 Å². The second kappa shape index (κ2) is 6.84. The number of benzene rings is 2. The highest BCUT2D eigenvalue weighted by Crippen LogP contribution is 2.44. The number of rotatable bonds is 3. The molecule has 0 saturated heterocycles. The molecule has 1 unspecified atom stereocenters. The van der Waals surface area contributed by atoms with Gasteiger partial charge in [-0.3, -0.25) is 19.1 Å². The maximum atomic E-state index is 14.3. The summed E-state index contributed by atoms with van der Waals surface area (Å²) in [7, 11) is 1.38. The van der Waals surface area contributed by atoms with Gasteiger partial charge in [0.05, 0.1) is 29.2 Å². The average molecular weight is 419 g/mol. The fourth-order valence-corrected chi connectivity index (χ4v) is 3.36. The smallest absolute Gasteiger partial charge is 0.423 e. The Bertz CT molecular complexity index is 1240. The molecule has 1 aliphatic rings. The molecule has 0 spiro atoms. The molecule has 1 atom stereocenters. The maximum Gasteiger partial charge on any atom is 0.483 e. The molecule has 0 fully saturated rings. The van der Waals surface area contributed by atoms with Crippen molar-refractivity contribution in [3.8, 4) is 5.75 Å². The lowest BCUT2D eigenvalue weighted by molar-refractivity contribution is -0.193. The number of aliphatic hydroxyl groups is 1. The van der Waals surface area contributed by atoms with Gasteiger partial charge in [-0.1, -0.05) is 12.1 Å². The zero-order chi connectivity index (χ0) is 21.8. The fraction of sp³-hybridized carbons (Fsp3) is 0.250. The number of amides is 1. The number of hydrogen-bond acceptors (Lipinski definition) is 5. The van der Waals surface area contributed by atoms with Crippen LogP contribution in [0, 0.1) is 5.82 Å². The lowest BCUT2D eigenvalue weighted by Crippen LogP contribution is -2.51. The topological polar surface area (TPSA) is 84.7 Å². The fourth-order valence-electron chi connectivity index (χ4n) is 3.36. The van der Waals surface area contributed by atoms with E-state index in [1.165, 1.54) is 38.2 Å². The standard InChI is InChI=1S/C20H16F3N3O4/c1-10(27)12-4-3-5-15-17(12)30-20(22,23)19(29)26(15)9-16-24-14-8-11(21)6-7-13(14)18(28)25(16)2/h3-8,10,27H,9H2,1-2H3. The number of alkyl halides is 2. The third-order valence-electron chi connectivity index (χ3n) is 4.92. The summed E-state index contributed by atoms with van der Waals surface area (Å²) in [5, 5.41) is 10.0. The van der Waals surface area contributed by atoms with E-state index >= 15 is 0 Å². The molecule has 1 aliphatic heterocycles. The quantitative estimate of drug-likeness (QED) is 0.706. The molecule has 1 aromatic heterocycles. The molecule has 7 nitrogen and oxygen atoms in total. The highest BCUT2D eigenvalue weighted by atomic mass is 19.3. The molecule has 0 aliphatic carbocycles. The van der Waals surface area contributed by atoms with Crippen molar-refractivity contribution < 1.29 is 27.8 Å². The zero-order valence-corrected chi connectivity index (χ0v) is 15.9. The van der Waals surface area contributed by atoms with Crippen LogP contribution in [0.4, 0.5) is 18.9 Å². The molecular weight excluding hydrogens is 403 g/mol. The van der Waals surface area contributed by atoms with E-state index in [1.807, 2.05) is 0 Å². The lowest BCUT2D eigenvalue weighted by Gasteiger charge is -2.34. The number of anilines is 1. The number of halogens is 3. The van der Waals surface area contributed by atoms with Gasteiger partial charge in [-0.05, 0) is 25.1 Å². The SMILES string of the molecule is CC(O)c1cccc2c1OC(F)(F)C(=O)N2Cc1nc2cc(F)ccc2c(=O)n1C. The summed E-state index contributed by atoms with van der Waals surface area (Å²) in [4.78, 5) is 29.9. The van der Waals surface area contributed by atoms with Crippen LogP contribution in [0.1, 0.15) is 24.4 Å². The van der Waals surface area contributed by atoms with Crippen molar-refractivity contribution in [2.75, 3.05) is 4.90 Å². The Kier molecular flexibility index (Phi) is 4.53.